The number of non-ortho nitro benzene ring substituents is 1. The van der Waals surface area contributed by atoms with Crippen molar-refractivity contribution in [2.45, 2.75) is 11.3 Å². The fraction of sp³-hybridized carbons (Fsp3) is 0.188. The van der Waals surface area contributed by atoms with E-state index >= 15 is 0 Å². The lowest BCUT2D eigenvalue weighted by atomic mass is 10.3. The standard InChI is InChI=1S/C16H17N3O2S2/c20-19(21)14-9-7-13(8-10-14)18-16(22)17-11-4-12-23-15-5-2-1-3-6-15/h1-3,5-10H,4,11-12H2,(H2,17,18,22). The van der Waals surface area contributed by atoms with Crippen LogP contribution in [-0.2, 0) is 0 Å². The van der Waals surface area contributed by atoms with Gasteiger partial charge in [-0.05, 0) is 48.7 Å². The fourth-order valence-electron chi connectivity index (χ4n) is 1.82. The first kappa shape index (κ1) is 17.2. The van der Waals surface area contributed by atoms with Crippen molar-refractivity contribution in [2.24, 2.45) is 0 Å². The summed E-state index contributed by atoms with van der Waals surface area (Å²) >= 11 is 7.01. The van der Waals surface area contributed by atoms with E-state index in [-0.39, 0.29) is 5.69 Å². The number of nitrogens with zero attached hydrogens (tertiary/aromatic N) is 1. The predicted molar refractivity (Wildman–Crippen MR) is 99.1 cm³/mol. The first-order valence-corrected chi connectivity index (χ1v) is 8.52. The van der Waals surface area contributed by atoms with Crippen molar-refractivity contribution in [1.82, 2.24) is 5.32 Å². The lowest BCUT2D eigenvalue weighted by Gasteiger charge is -2.10. The number of anilines is 1. The van der Waals surface area contributed by atoms with Crippen molar-refractivity contribution in [3.05, 3.63) is 64.7 Å². The number of nitrogens with one attached hydrogen (secondary N) is 2. The van der Waals surface area contributed by atoms with E-state index in [1.165, 1.54) is 17.0 Å². The largest absolute Gasteiger partial charge is 0.362 e. The van der Waals surface area contributed by atoms with Gasteiger partial charge in [-0.25, -0.2) is 0 Å². The minimum atomic E-state index is -0.426. The lowest BCUT2D eigenvalue weighted by Crippen LogP contribution is -2.29. The van der Waals surface area contributed by atoms with Crippen LogP contribution >= 0.6 is 24.0 Å². The zero-order chi connectivity index (χ0) is 16.5. The highest BCUT2D eigenvalue weighted by molar-refractivity contribution is 7.99. The monoisotopic (exact) mass is 347 g/mol. The SMILES string of the molecule is O=[N+]([O-])c1ccc(NC(=S)NCCCSc2ccccc2)cc1. The van der Waals surface area contributed by atoms with Gasteiger partial charge in [0, 0.05) is 29.3 Å². The van der Waals surface area contributed by atoms with E-state index in [0.717, 1.165) is 24.4 Å². The van der Waals surface area contributed by atoms with Crippen LogP contribution in [0.3, 0.4) is 0 Å². The number of nitro benzene ring substituents is 1. The number of hydrogen-bond donors (Lipinski definition) is 2. The van der Waals surface area contributed by atoms with Gasteiger partial charge in [-0.1, -0.05) is 18.2 Å². The maximum absolute atomic E-state index is 10.6. The van der Waals surface area contributed by atoms with Gasteiger partial charge in [-0.15, -0.1) is 11.8 Å². The van der Waals surface area contributed by atoms with Gasteiger partial charge in [-0.2, -0.15) is 0 Å². The van der Waals surface area contributed by atoms with Crippen LogP contribution in [0.2, 0.25) is 0 Å². The molecule has 0 saturated carbocycles. The number of rotatable bonds is 7. The van der Waals surface area contributed by atoms with Gasteiger partial charge >= 0.3 is 0 Å². The topological polar surface area (TPSA) is 67.2 Å². The summed E-state index contributed by atoms with van der Waals surface area (Å²) in [6, 6.07) is 16.4. The third-order valence-electron chi connectivity index (χ3n) is 2.95. The summed E-state index contributed by atoms with van der Waals surface area (Å²) in [5.74, 6) is 1.01. The minimum absolute atomic E-state index is 0.0624. The maximum Gasteiger partial charge on any atom is 0.269 e. The van der Waals surface area contributed by atoms with E-state index in [0.29, 0.717) is 5.11 Å². The Hall–Kier alpha value is -2.12. The second-order valence-corrected chi connectivity index (χ2v) is 6.28. The predicted octanol–water partition coefficient (Wildman–Crippen LogP) is 4.06. The first-order valence-electron chi connectivity index (χ1n) is 7.12. The minimum Gasteiger partial charge on any atom is -0.362 e. The van der Waals surface area contributed by atoms with Gasteiger partial charge in [0.15, 0.2) is 5.11 Å². The van der Waals surface area contributed by atoms with Gasteiger partial charge in [0.2, 0.25) is 0 Å². The third kappa shape index (κ3) is 6.25. The summed E-state index contributed by atoms with van der Waals surface area (Å²) in [6.07, 6.45) is 0.988. The van der Waals surface area contributed by atoms with Crippen molar-refractivity contribution in [2.75, 3.05) is 17.6 Å². The van der Waals surface area contributed by atoms with E-state index in [4.69, 9.17) is 12.2 Å². The summed E-state index contributed by atoms with van der Waals surface area (Å²) in [5, 5.41) is 17.2. The van der Waals surface area contributed by atoms with Crippen LogP contribution in [0.25, 0.3) is 0 Å². The quantitative estimate of drug-likeness (QED) is 0.259. The molecule has 5 nitrogen and oxygen atoms in total. The molecule has 0 unspecified atom stereocenters. The highest BCUT2D eigenvalue weighted by Gasteiger charge is 2.04. The molecule has 0 amide bonds. The van der Waals surface area contributed by atoms with Crippen LogP contribution in [0.15, 0.2) is 59.5 Å². The molecule has 0 radical (unpaired) electrons. The fourth-order valence-corrected chi connectivity index (χ4v) is 2.92. The maximum atomic E-state index is 10.6. The lowest BCUT2D eigenvalue weighted by molar-refractivity contribution is -0.384. The molecular formula is C16H17N3O2S2. The van der Waals surface area contributed by atoms with Crippen LogP contribution in [0.1, 0.15) is 6.42 Å². The molecule has 0 aliphatic heterocycles. The molecule has 0 bridgehead atoms. The Morgan fingerprint density at radius 3 is 2.48 bits per heavy atom. The number of thiocarbonyl (C=S) groups is 1. The summed E-state index contributed by atoms with van der Waals surface area (Å²) < 4.78 is 0. The molecule has 2 aromatic rings. The second-order valence-electron chi connectivity index (χ2n) is 4.70. The molecular weight excluding hydrogens is 330 g/mol. The summed E-state index contributed by atoms with van der Waals surface area (Å²) in [6.45, 7) is 0.776. The zero-order valence-electron chi connectivity index (χ0n) is 12.4. The molecule has 0 atom stereocenters. The highest BCUT2D eigenvalue weighted by atomic mass is 32.2. The second kappa shape index (κ2) is 9.12. The Morgan fingerprint density at radius 1 is 1.13 bits per heavy atom. The molecule has 2 N–H and O–H groups in total. The van der Waals surface area contributed by atoms with Gasteiger partial charge in [0.25, 0.3) is 5.69 Å². The Kier molecular flexibility index (Phi) is 6.83. The molecule has 120 valence electrons. The molecule has 0 aromatic heterocycles. The zero-order valence-corrected chi connectivity index (χ0v) is 14.0. The van der Waals surface area contributed by atoms with Crippen molar-refractivity contribution in [3.8, 4) is 0 Å². The van der Waals surface area contributed by atoms with Crippen LogP contribution in [0.4, 0.5) is 11.4 Å². The Labute approximate surface area is 144 Å². The number of nitro groups is 1. The molecule has 0 aliphatic rings. The van der Waals surface area contributed by atoms with Crippen molar-refractivity contribution >= 4 is 40.5 Å². The Bertz CT molecular complexity index is 648. The van der Waals surface area contributed by atoms with E-state index in [9.17, 15) is 10.1 Å². The van der Waals surface area contributed by atoms with E-state index in [1.54, 1.807) is 12.1 Å². The highest BCUT2D eigenvalue weighted by Crippen LogP contribution is 2.17. The smallest absolute Gasteiger partial charge is 0.269 e. The molecule has 0 saturated heterocycles. The molecule has 0 aliphatic carbocycles. The molecule has 7 heteroatoms. The molecule has 2 aromatic carbocycles. The van der Waals surface area contributed by atoms with Crippen LogP contribution in [0, 0.1) is 10.1 Å². The van der Waals surface area contributed by atoms with E-state index in [2.05, 4.69) is 22.8 Å². The van der Waals surface area contributed by atoms with Crippen molar-refractivity contribution in [3.63, 3.8) is 0 Å². The van der Waals surface area contributed by atoms with E-state index < -0.39 is 4.92 Å². The first-order chi connectivity index (χ1) is 11.1. The normalized spacial score (nSPS) is 10.1. The molecule has 0 heterocycles. The molecule has 2 rings (SSSR count). The Morgan fingerprint density at radius 2 is 1.83 bits per heavy atom. The third-order valence-corrected chi connectivity index (χ3v) is 4.30. The van der Waals surface area contributed by atoms with Crippen molar-refractivity contribution < 1.29 is 4.92 Å². The summed E-state index contributed by atoms with van der Waals surface area (Å²) in [7, 11) is 0. The van der Waals surface area contributed by atoms with Gasteiger partial charge in [0.1, 0.15) is 0 Å². The van der Waals surface area contributed by atoms with Gasteiger partial charge in [-0.3, -0.25) is 10.1 Å². The molecule has 0 fully saturated rings. The van der Waals surface area contributed by atoms with E-state index in [1.807, 2.05) is 30.0 Å². The number of hydrogen-bond acceptors (Lipinski definition) is 4. The van der Waals surface area contributed by atoms with Crippen molar-refractivity contribution in [1.29, 1.82) is 0 Å². The molecule has 23 heavy (non-hydrogen) atoms. The van der Waals surface area contributed by atoms with Gasteiger partial charge in [0.05, 0.1) is 4.92 Å². The van der Waals surface area contributed by atoms with Crippen LogP contribution < -0.4 is 10.6 Å². The van der Waals surface area contributed by atoms with Crippen LogP contribution in [-0.4, -0.2) is 22.3 Å². The van der Waals surface area contributed by atoms with Gasteiger partial charge < -0.3 is 10.6 Å². The average molecular weight is 347 g/mol. The molecule has 0 spiro atoms. The van der Waals surface area contributed by atoms with Crippen LogP contribution in [0.5, 0.6) is 0 Å². The Balaban J connectivity index is 1.64. The number of benzene rings is 2. The number of thioether (sulfide) groups is 1. The summed E-state index contributed by atoms with van der Waals surface area (Å²) in [4.78, 5) is 11.4. The average Bonchev–Trinajstić information content (AvgIpc) is 2.56. The summed E-state index contributed by atoms with van der Waals surface area (Å²) in [5.41, 5.74) is 0.791.